The smallest absolute Gasteiger partial charge is 0.350 e. The average molecular weight is 304 g/mol. The number of ether oxygens (including phenoxy) is 1. The Morgan fingerprint density at radius 1 is 1.48 bits per heavy atom. The van der Waals surface area contributed by atoms with Crippen LogP contribution in [0.1, 0.15) is 32.6 Å². The first-order valence-corrected chi connectivity index (χ1v) is 7.11. The third kappa shape index (κ3) is 3.03. The molecule has 0 radical (unpaired) electrons. The van der Waals surface area contributed by atoms with E-state index >= 15 is 0 Å². The third-order valence-electron chi connectivity index (χ3n) is 2.90. The van der Waals surface area contributed by atoms with Crippen LogP contribution in [0.15, 0.2) is 24.3 Å². The van der Waals surface area contributed by atoms with Crippen molar-refractivity contribution in [3.8, 4) is 6.07 Å². The lowest BCUT2D eigenvalue weighted by molar-refractivity contribution is 0.0533. The number of benzene rings is 1. The number of hydrogen-bond acceptors (Lipinski definition) is 5. The first-order valence-electron chi connectivity index (χ1n) is 6.30. The summed E-state index contributed by atoms with van der Waals surface area (Å²) in [6.07, 6.45) is 0.212. The molecule has 0 saturated carbocycles. The first kappa shape index (κ1) is 15.0. The summed E-state index contributed by atoms with van der Waals surface area (Å²) in [5.41, 5.74) is 6.60. The minimum absolute atomic E-state index is 0.104. The zero-order chi connectivity index (χ0) is 15.4. The summed E-state index contributed by atoms with van der Waals surface area (Å²) in [4.78, 5) is 12.5. The standard InChI is InChI=1S/C15H13FN2O2S/c1-2-20-15(19)14-13(18)10(8-17)12(21-14)7-9-5-3-4-6-11(9)16/h3-6H,2,7,18H2,1H3. The van der Waals surface area contributed by atoms with Crippen molar-refractivity contribution in [1.29, 1.82) is 5.26 Å². The number of esters is 1. The van der Waals surface area contributed by atoms with Gasteiger partial charge in [0, 0.05) is 11.3 Å². The Morgan fingerprint density at radius 3 is 2.81 bits per heavy atom. The van der Waals surface area contributed by atoms with E-state index in [1.54, 1.807) is 25.1 Å². The molecule has 0 aliphatic rings. The van der Waals surface area contributed by atoms with Gasteiger partial charge in [0.1, 0.15) is 16.8 Å². The van der Waals surface area contributed by atoms with Crippen molar-refractivity contribution in [3.63, 3.8) is 0 Å². The van der Waals surface area contributed by atoms with Gasteiger partial charge < -0.3 is 10.5 Å². The Morgan fingerprint density at radius 2 is 2.19 bits per heavy atom. The van der Waals surface area contributed by atoms with E-state index in [-0.39, 0.29) is 35.0 Å². The highest BCUT2D eigenvalue weighted by Gasteiger charge is 2.22. The molecule has 0 aliphatic carbocycles. The zero-order valence-electron chi connectivity index (χ0n) is 11.4. The highest BCUT2D eigenvalue weighted by atomic mass is 32.1. The van der Waals surface area contributed by atoms with Gasteiger partial charge in [-0.3, -0.25) is 0 Å². The molecule has 0 fully saturated rings. The zero-order valence-corrected chi connectivity index (χ0v) is 12.2. The van der Waals surface area contributed by atoms with Crippen LogP contribution in [0.5, 0.6) is 0 Å². The van der Waals surface area contributed by atoms with E-state index in [1.807, 2.05) is 6.07 Å². The summed E-state index contributed by atoms with van der Waals surface area (Å²) in [6, 6.07) is 8.27. The number of thiophene rings is 1. The number of carbonyl (C=O) groups is 1. The van der Waals surface area contributed by atoms with Crippen LogP contribution in [0.3, 0.4) is 0 Å². The highest BCUT2D eigenvalue weighted by molar-refractivity contribution is 7.14. The van der Waals surface area contributed by atoms with Gasteiger partial charge in [-0.25, -0.2) is 9.18 Å². The molecule has 0 unspecified atom stereocenters. The molecular formula is C15H13FN2O2S. The molecule has 0 amide bonds. The molecule has 1 heterocycles. The second-order valence-corrected chi connectivity index (χ2v) is 5.35. The fraction of sp³-hybridized carbons (Fsp3) is 0.200. The van der Waals surface area contributed by atoms with Crippen molar-refractivity contribution in [2.45, 2.75) is 13.3 Å². The van der Waals surface area contributed by atoms with Crippen molar-refractivity contribution in [2.75, 3.05) is 12.3 Å². The van der Waals surface area contributed by atoms with E-state index in [9.17, 15) is 14.4 Å². The van der Waals surface area contributed by atoms with Crippen LogP contribution in [-0.2, 0) is 11.2 Å². The maximum absolute atomic E-state index is 13.7. The number of rotatable bonds is 4. The van der Waals surface area contributed by atoms with Gasteiger partial charge in [0.05, 0.1) is 17.9 Å². The molecule has 2 aromatic rings. The number of nitrogen functional groups attached to an aromatic ring is 1. The molecule has 6 heteroatoms. The number of nitrogens with zero attached hydrogens (tertiary/aromatic N) is 1. The molecule has 0 aliphatic heterocycles. The van der Waals surface area contributed by atoms with E-state index < -0.39 is 5.97 Å². The Labute approximate surface area is 125 Å². The summed E-state index contributed by atoms with van der Waals surface area (Å²) in [6.45, 7) is 1.91. The van der Waals surface area contributed by atoms with Gasteiger partial charge in [0.15, 0.2) is 0 Å². The molecule has 2 N–H and O–H groups in total. The van der Waals surface area contributed by atoms with E-state index in [0.29, 0.717) is 10.4 Å². The Kier molecular flexibility index (Phi) is 4.55. The largest absolute Gasteiger partial charge is 0.462 e. The molecule has 1 aromatic heterocycles. The van der Waals surface area contributed by atoms with Gasteiger partial charge >= 0.3 is 5.97 Å². The SMILES string of the molecule is CCOC(=O)c1sc(Cc2ccccc2F)c(C#N)c1N. The number of nitrogens with two attached hydrogens (primary N) is 1. The third-order valence-corrected chi connectivity index (χ3v) is 4.09. The van der Waals surface area contributed by atoms with Crippen molar-refractivity contribution >= 4 is 23.0 Å². The summed E-state index contributed by atoms with van der Waals surface area (Å²) in [7, 11) is 0. The highest BCUT2D eigenvalue weighted by Crippen LogP contribution is 2.33. The first-order chi connectivity index (χ1) is 10.1. The Balaban J connectivity index is 2.41. The number of nitriles is 1. The van der Waals surface area contributed by atoms with E-state index in [2.05, 4.69) is 0 Å². The fourth-order valence-corrected chi connectivity index (χ4v) is 2.99. The van der Waals surface area contributed by atoms with Gasteiger partial charge in [0.25, 0.3) is 0 Å². The summed E-state index contributed by atoms with van der Waals surface area (Å²) in [5.74, 6) is -0.915. The van der Waals surface area contributed by atoms with Gasteiger partial charge in [0.2, 0.25) is 0 Å². The number of carbonyl (C=O) groups excluding carboxylic acids is 1. The van der Waals surface area contributed by atoms with Gasteiger partial charge in [-0.2, -0.15) is 5.26 Å². The molecular weight excluding hydrogens is 291 g/mol. The lowest BCUT2D eigenvalue weighted by Gasteiger charge is -2.01. The summed E-state index contributed by atoms with van der Waals surface area (Å²) >= 11 is 1.07. The molecule has 0 spiro atoms. The van der Waals surface area contributed by atoms with Crippen molar-refractivity contribution in [2.24, 2.45) is 0 Å². The second kappa shape index (κ2) is 6.37. The van der Waals surface area contributed by atoms with Crippen LogP contribution in [0.2, 0.25) is 0 Å². The minimum Gasteiger partial charge on any atom is -0.462 e. The Bertz CT molecular complexity index is 719. The molecule has 1 aromatic carbocycles. The lowest BCUT2D eigenvalue weighted by atomic mass is 10.1. The van der Waals surface area contributed by atoms with Gasteiger partial charge in [-0.1, -0.05) is 18.2 Å². The molecule has 0 saturated heterocycles. The van der Waals surface area contributed by atoms with Crippen LogP contribution < -0.4 is 5.73 Å². The average Bonchev–Trinajstić information content (AvgIpc) is 2.78. The monoisotopic (exact) mass is 304 g/mol. The summed E-state index contributed by atoms with van der Waals surface area (Å²) in [5, 5.41) is 9.20. The normalized spacial score (nSPS) is 10.1. The molecule has 21 heavy (non-hydrogen) atoms. The van der Waals surface area contributed by atoms with Crippen LogP contribution in [0.4, 0.5) is 10.1 Å². The number of halogens is 1. The van der Waals surface area contributed by atoms with Crippen molar-refractivity contribution in [1.82, 2.24) is 0 Å². The lowest BCUT2D eigenvalue weighted by Crippen LogP contribution is -2.05. The van der Waals surface area contributed by atoms with Gasteiger partial charge in [-0.05, 0) is 18.6 Å². The predicted octanol–water partition coefficient (Wildman–Crippen LogP) is 3.11. The second-order valence-electron chi connectivity index (χ2n) is 4.24. The topological polar surface area (TPSA) is 76.1 Å². The Hall–Kier alpha value is -2.39. The predicted molar refractivity (Wildman–Crippen MR) is 78.6 cm³/mol. The number of hydrogen-bond donors (Lipinski definition) is 1. The molecule has 108 valence electrons. The molecule has 4 nitrogen and oxygen atoms in total. The van der Waals surface area contributed by atoms with E-state index in [1.165, 1.54) is 6.07 Å². The quantitative estimate of drug-likeness (QED) is 0.881. The number of anilines is 1. The van der Waals surface area contributed by atoms with E-state index in [0.717, 1.165) is 11.3 Å². The fourth-order valence-electron chi connectivity index (χ4n) is 1.90. The van der Waals surface area contributed by atoms with Crippen molar-refractivity contribution < 1.29 is 13.9 Å². The van der Waals surface area contributed by atoms with E-state index in [4.69, 9.17) is 10.5 Å². The van der Waals surface area contributed by atoms with Gasteiger partial charge in [-0.15, -0.1) is 11.3 Å². The molecule has 0 atom stereocenters. The van der Waals surface area contributed by atoms with Crippen LogP contribution in [0, 0.1) is 17.1 Å². The maximum Gasteiger partial charge on any atom is 0.350 e. The minimum atomic E-state index is -0.559. The van der Waals surface area contributed by atoms with Crippen molar-refractivity contribution in [3.05, 3.63) is 51.0 Å². The van der Waals surface area contributed by atoms with Crippen LogP contribution in [-0.4, -0.2) is 12.6 Å². The summed E-state index contributed by atoms with van der Waals surface area (Å²) < 4.78 is 18.6. The van der Waals surface area contributed by atoms with Crippen LogP contribution in [0.25, 0.3) is 0 Å². The maximum atomic E-state index is 13.7. The van der Waals surface area contributed by atoms with Crippen LogP contribution >= 0.6 is 11.3 Å². The molecule has 0 bridgehead atoms. The molecule has 2 rings (SSSR count).